The molecule has 3 saturated heterocycles. The molecule has 0 spiro atoms. The van der Waals surface area contributed by atoms with Crippen LogP contribution in [0.15, 0.2) is 83.0 Å². The molecule has 0 aliphatic carbocycles. The summed E-state index contributed by atoms with van der Waals surface area (Å²) in [5.41, 5.74) is 4.97. The molecule has 2 aromatic carbocycles. The van der Waals surface area contributed by atoms with E-state index in [0.29, 0.717) is 39.4 Å². The Bertz CT molecular complexity index is 2740. The second kappa shape index (κ2) is 22.2. The highest BCUT2D eigenvalue weighted by molar-refractivity contribution is 8.54. The lowest BCUT2D eigenvalue weighted by atomic mass is 10.1. The summed E-state index contributed by atoms with van der Waals surface area (Å²) in [7, 11) is -5.49. The van der Waals surface area contributed by atoms with Gasteiger partial charge in [0.2, 0.25) is 0 Å². The van der Waals surface area contributed by atoms with E-state index in [4.69, 9.17) is 42.8 Å². The number of unbranched alkanes of at least 4 members (excludes halogenated alkanes) is 5. The molecule has 68 heavy (non-hydrogen) atoms. The highest BCUT2D eigenvalue weighted by atomic mass is 32.7. The van der Waals surface area contributed by atoms with Crippen LogP contribution < -0.4 is 31.3 Å². The van der Waals surface area contributed by atoms with Crippen molar-refractivity contribution in [2.75, 3.05) is 25.6 Å². The summed E-state index contributed by atoms with van der Waals surface area (Å²) >= 11 is 0.582. The third-order valence-electron chi connectivity index (χ3n) is 11.0. The van der Waals surface area contributed by atoms with Gasteiger partial charge < -0.3 is 38.6 Å². The number of phosphoric acid groups is 1. The van der Waals surface area contributed by atoms with Crippen LogP contribution in [0.2, 0.25) is 0 Å². The Kier molecular flexibility index (Phi) is 16.6. The van der Waals surface area contributed by atoms with Gasteiger partial charge in [-0.05, 0) is 59.8 Å². The fraction of sp³-hybridized carbons (Fsp3) is 0.452. The molecule has 26 heteroatoms. The van der Waals surface area contributed by atoms with Crippen molar-refractivity contribution in [2.45, 2.75) is 100 Å². The number of aromatic amines is 1. The Hall–Kier alpha value is -5.00. The second-order valence-corrected chi connectivity index (χ2v) is 21.1. The average Bonchev–Trinajstić information content (AvgIpc) is 3.97. The SMILES string of the molecule is CCCCCCCCOc1ccc(C(=O)Oc2ccc(CSP3(=O)OC[C@H]4O[C@@H](n5cnc6c(N)ncnc65)[C@H](F)[C@@H]4OP(=O)([O-])OC[C@H]4O[C@@H](n5ccc(=O)[nH]c5=O)[C@H](F)[C@@H]4O3)cc2)cc1.[CH3+]. The number of hydrogen-bond donors (Lipinski definition) is 2. The van der Waals surface area contributed by atoms with Gasteiger partial charge in [0, 0.05) is 25.4 Å². The van der Waals surface area contributed by atoms with E-state index in [9.17, 15) is 28.4 Å². The highest BCUT2D eigenvalue weighted by Crippen LogP contribution is 2.64. The number of H-pyrrole nitrogens is 1. The molecule has 3 N–H and O–H groups in total. The predicted octanol–water partition coefficient (Wildman–Crippen LogP) is 6.17. The zero-order chi connectivity index (χ0) is 47.3. The third kappa shape index (κ3) is 11.9. The first-order valence-corrected chi connectivity index (χ1v) is 25.9. The number of nitrogens with two attached hydrogens (primary N) is 1. The van der Waals surface area contributed by atoms with Crippen molar-refractivity contribution >= 4 is 49.0 Å². The standard InChI is InChI=1S/C41H47F2N7O14P2S.CH3/c1-2-3-4-5-6-7-18-57-26-14-10-25(11-15-26)40(52)60-27-12-8-24(9-13-27)21-67-66(56)59-20-29-34(31(42)39(62-29)50-23-47-33-36(44)45-22-46-37(33)50)63-65(54,55)58-19-28-35(64-66)32(43)38(61-28)49-17-16-30(51)48-41(49)53;/h8-17,22-23,28-29,31-32,34-35,38-39H,2-7,18-21H2,1H3,(H,54,55)(H2,44,45,46)(H,48,51,53);1H3/q;+1/p-1/t28-,29-,31-,32-,34-,35-,38-,39-,66?;/m1./s1. The normalized spacial score (nSPS) is 28.4. The lowest BCUT2D eigenvalue weighted by molar-refractivity contribution is -0.235. The van der Waals surface area contributed by atoms with Crippen LogP contribution >= 0.6 is 26.0 Å². The molecule has 3 aliphatic rings. The van der Waals surface area contributed by atoms with E-state index in [1.165, 1.54) is 37.8 Å². The minimum absolute atomic E-state index is 0. The summed E-state index contributed by atoms with van der Waals surface area (Å²) in [6.07, 6.45) is -5.27. The molecule has 0 amide bonds. The first kappa shape index (κ1) is 50.9. The van der Waals surface area contributed by atoms with Crippen molar-refractivity contribution < 1.29 is 64.6 Å². The number of benzene rings is 2. The predicted molar refractivity (Wildman–Crippen MR) is 240 cm³/mol. The molecule has 21 nitrogen and oxygen atoms in total. The van der Waals surface area contributed by atoms with Crippen LogP contribution in [0.4, 0.5) is 14.6 Å². The van der Waals surface area contributed by atoms with Crippen LogP contribution in [0.25, 0.3) is 11.2 Å². The first-order valence-electron chi connectivity index (χ1n) is 21.3. The van der Waals surface area contributed by atoms with Crippen LogP contribution in [-0.4, -0.2) is 91.6 Å². The van der Waals surface area contributed by atoms with Gasteiger partial charge in [-0.3, -0.25) is 32.5 Å². The number of esters is 1. The van der Waals surface area contributed by atoms with Crippen molar-refractivity contribution in [3.63, 3.8) is 0 Å². The van der Waals surface area contributed by atoms with Crippen LogP contribution in [0.3, 0.4) is 0 Å². The molecule has 3 aliphatic heterocycles. The minimum atomic E-state index is -5.49. The van der Waals surface area contributed by atoms with E-state index in [0.717, 1.165) is 42.3 Å². The smallest absolute Gasteiger partial charge is 0.389 e. The van der Waals surface area contributed by atoms with Gasteiger partial charge in [0.1, 0.15) is 47.8 Å². The Labute approximate surface area is 391 Å². The van der Waals surface area contributed by atoms with Gasteiger partial charge in [0.15, 0.2) is 36.3 Å². The molecule has 0 radical (unpaired) electrons. The van der Waals surface area contributed by atoms with Crippen LogP contribution in [0.1, 0.15) is 73.8 Å². The number of halogens is 2. The number of rotatable bonds is 15. The lowest BCUT2D eigenvalue weighted by Gasteiger charge is -2.32. The Morgan fingerprint density at radius 1 is 0.868 bits per heavy atom. The summed E-state index contributed by atoms with van der Waals surface area (Å²) in [5, 5.41) is 0. The number of aromatic nitrogens is 6. The van der Waals surface area contributed by atoms with E-state index in [-0.39, 0.29) is 35.9 Å². The topological polar surface area (TPSA) is 273 Å². The summed E-state index contributed by atoms with van der Waals surface area (Å²) in [4.78, 5) is 64.7. The minimum Gasteiger partial charge on any atom is -0.756 e. The summed E-state index contributed by atoms with van der Waals surface area (Å²) < 4.78 is 108. The van der Waals surface area contributed by atoms with Crippen LogP contribution in [0.5, 0.6) is 11.5 Å². The number of anilines is 1. The molecule has 6 heterocycles. The van der Waals surface area contributed by atoms with E-state index in [1.807, 2.05) is 4.98 Å². The van der Waals surface area contributed by atoms with E-state index >= 15 is 8.78 Å². The molecule has 3 fully saturated rings. The molecule has 8 rings (SSSR count). The largest absolute Gasteiger partial charge is 0.756 e. The van der Waals surface area contributed by atoms with E-state index in [1.54, 1.807) is 36.4 Å². The number of alkyl halides is 2. The molecule has 2 unspecified atom stereocenters. The Morgan fingerprint density at radius 3 is 2.22 bits per heavy atom. The zero-order valence-electron chi connectivity index (χ0n) is 36.7. The molecule has 5 aromatic rings. The highest BCUT2D eigenvalue weighted by Gasteiger charge is 2.54. The monoisotopic (exact) mass is 1010 g/mol. The maximum Gasteiger partial charge on any atom is 0.389 e. The molecular weight excluding hydrogens is 959 g/mol. The summed E-state index contributed by atoms with van der Waals surface area (Å²) in [6.45, 7) is -3.77. The van der Waals surface area contributed by atoms with Crippen molar-refractivity contribution in [3.8, 4) is 11.5 Å². The number of carbonyl (C=O) groups excluding carboxylic acids is 1. The van der Waals surface area contributed by atoms with Crippen molar-refractivity contribution in [2.24, 2.45) is 0 Å². The van der Waals surface area contributed by atoms with E-state index < -0.39 is 94.3 Å². The number of nitrogen functional groups attached to an aromatic ring is 1. The molecule has 10 atom stereocenters. The van der Waals surface area contributed by atoms with Gasteiger partial charge in [-0.2, -0.15) is 0 Å². The van der Waals surface area contributed by atoms with Gasteiger partial charge in [0.05, 0.1) is 31.7 Å². The Balaban J connectivity index is 0.00000684. The lowest BCUT2D eigenvalue weighted by Crippen LogP contribution is -2.38. The first-order chi connectivity index (χ1) is 32.2. The third-order valence-corrected chi connectivity index (χ3v) is 15.6. The van der Waals surface area contributed by atoms with Crippen LogP contribution in [0, 0.1) is 7.43 Å². The number of fused-ring (bicyclic) bond motifs is 3. The number of nitrogens with zero attached hydrogens (tertiary/aromatic N) is 5. The summed E-state index contributed by atoms with van der Waals surface area (Å²) in [5.74, 6) is 0.0537. The van der Waals surface area contributed by atoms with Gasteiger partial charge >= 0.3 is 18.5 Å². The molecular formula is C42H49F2N7O14P2S. The average molecular weight is 1010 g/mol. The Morgan fingerprint density at radius 2 is 1.51 bits per heavy atom. The fourth-order valence-electron chi connectivity index (χ4n) is 7.53. The van der Waals surface area contributed by atoms with Crippen molar-refractivity contribution in [3.05, 3.63) is 113 Å². The van der Waals surface area contributed by atoms with Gasteiger partial charge in [-0.15, -0.1) is 0 Å². The van der Waals surface area contributed by atoms with Crippen LogP contribution in [-0.2, 0) is 42.5 Å². The number of imidazole rings is 1. The second-order valence-electron chi connectivity index (χ2n) is 15.7. The number of nitrogens with one attached hydrogen (secondary N) is 1. The quantitative estimate of drug-likeness (QED) is 0.0390. The zero-order valence-corrected chi connectivity index (χ0v) is 39.3. The van der Waals surface area contributed by atoms with Crippen molar-refractivity contribution in [1.82, 2.24) is 29.1 Å². The maximum atomic E-state index is 16.5. The summed E-state index contributed by atoms with van der Waals surface area (Å²) in [6, 6.07) is 13.7. The van der Waals surface area contributed by atoms with Gasteiger partial charge in [-0.1, -0.05) is 51.2 Å². The maximum absolute atomic E-state index is 16.5. The van der Waals surface area contributed by atoms with E-state index in [2.05, 4.69) is 21.9 Å². The number of carbonyl (C=O) groups is 1. The molecule has 3 aromatic heterocycles. The number of hydrogen-bond acceptors (Lipinski definition) is 19. The number of phosphoric ester groups is 1. The fourth-order valence-corrected chi connectivity index (χ4v) is 11.9. The molecule has 0 bridgehead atoms. The van der Waals surface area contributed by atoms with Gasteiger partial charge in [0.25, 0.3) is 13.4 Å². The number of ether oxygens (including phenoxy) is 4. The van der Waals surface area contributed by atoms with Gasteiger partial charge in [-0.25, -0.2) is 37.9 Å². The molecule has 366 valence electrons. The molecule has 0 saturated carbocycles. The van der Waals surface area contributed by atoms with Crippen molar-refractivity contribution in [1.29, 1.82) is 0 Å².